The van der Waals surface area contributed by atoms with Crippen molar-refractivity contribution >= 4 is 11.6 Å². The molecule has 0 radical (unpaired) electrons. The highest BCUT2D eigenvalue weighted by molar-refractivity contribution is 6.03. The lowest BCUT2D eigenvalue weighted by Gasteiger charge is -2.22. The number of aromatic nitrogens is 2. The molecular formula is C21H26N4O3. The zero-order chi connectivity index (χ0) is 20.3. The van der Waals surface area contributed by atoms with Gasteiger partial charge in [-0.2, -0.15) is 4.98 Å². The molecule has 3 rings (SSSR count). The van der Waals surface area contributed by atoms with Crippen molar-refractivity contribution in [1.29, 1.82) is 0 Å². The number of carbonyl (C=O) groups excluding carboxylic acids is 1. The molecule has 1 amide bonds. The normalized spacial score (nSPS) is 12.3. The number of hydrogen-bond acceptors (Lipinski definition) is 5. The minimum absolute atomic E-state index is 0.249. The third-order valence-corrected chi connectivity index (χ3v) is 4.86. The molecule has 148 valence electrons. The summed E-state index contributed by atoms with van der Waals surface area (Å²) in [6.07, 6.45) is 2.83. The summed E-state index contributed by atoms with van der Waals surface area (Å²) in [5, 5.41) is 0. The number of hydrogen-bond donors (Lipinski definition) is 1. The fraction of sp³-hybridized carbons (Fsp3) is 0.333. The van der Waals surface area contributed by atoms with Crippen LogP contribution in [0.5, 0.6) is 11.6 Å². The van der Waals surface area contributed by atoms with Gasteiger partial charge in [-0.15, -0.1) is 0 Å². The molecule has 1 unspecified atom stereocenters. The van der Waals surface area contributed by atoms with Crippen molar-refractivity contribution in [3.8, 4) is 22.9 Å². The van der Waals surface area contributed by atoms with Gasteiger partial charge in [0.2, 0.25) is 5.88 Å². The van der Waals surface area contributed by atoms with Gasteiger partial charge in [-0.05, 0) is 38.7 Å². The predicted molar refractivity (Wildman–Crippen MR) is 109 cm³/mol. The summed E-state index contributed by atoms with van der Waals surface area (Å²) in [6.45, 7) is 2.60. The second-order valence-electron chi connectivity index (χ2n) is 6.78. The van der Waals surface area contributed by atoms with E-state index in [1.165, 1.54) is 7.11 Å². The minimum Gasteiger partial charge on any atom is -0.496 e. The highest BCUT2D eigenvalue weighted by Gasteiger charge is 2.24. The Morgan fingerprint density at radius 1 is 1.25 bits per heavy atom. The molecule has 2 aromatic heterocycles. The van der Waals surface area contributed by atoms with Crippen LogP contribution in [0, 0.1) is 0 Å². The first kappa shape index (κ1) is 19.7. The lowest BCUT2D eigenvalue weighted by molar-refractivity contribution is 0.0998. The van der Waals surface area contributed by atoms with Gasteiger partial charge in [-0.3, -0.25) is 9.20 Å². The number of likely N-dealkylation sites (N-methyl/N-ethyl adjacent to an activating group) is 1. The Bertz CT molecular complexity index is 981. The van der Waals surface area contributed by atoms with Crippen molar-refractivity contribution in [2.45, 2.75) is 19.4 Å². The summed E-state index contributed by atoms with van der Waals surface area (Å²) < 4.78 is 13.4. The van der Waals surface area contributed by atoms with Crippen LogP contribution in [0.25, 0.3) is 16.9 Å². The van der Waals surface area contributed by atoms with Crippen LogP contribution in [-0.2, 0) is 0 Å². The van der Waals surface area contributed by atoms with Crippen molar-refractivity contribution in [2.75, 3.05) is 27.8 Å². The first-order valence-electron chi connectivity index (χ1n) is 9.21. The highest BCUT2D eigenvalue weighted by atomic mass is 16.5. The predicted octanol–water partition coefficient (Wildman–Crippen LogP) is 2.83. The molecular weight excluding hydrogens is 356 g/mol. The number of fused-ring (bicyclic) bond motifs is 1. The van der Waals surface area contributed by atoms with E-state index in [0.717, 1.165) is 12.1 Å². The number of methoxy groups -OCH3 is 1. The Labute approximate surface area is 164 Å². The lowest BCUT2D eigenvalue weighted by Crippen LogP contribution is -2.33. The van der Waals surface area contributed by atoms with Gasteiger partial charge < -0.3 is 20.1 Å². The number of carbonyl (C=O) groups is 1. The molecule has 0 bridgehead atoms. The van der Waals surface area contributed by atoms with Crippen LogP contribution >= 0.6 is 0 Å². The van der Waals surface area contributed by atoms with Crippen LogP contribution < -0.4 is 15.2 Å². The van der Waals surface area contributed by atoms with Crippen molar-refractivity contribution in [3.63, 3.8) is 0 Å². The SMILES string of the molecule is CCC(COc1nc2ccccn2c1-c1cccc(OC)c1C(N)=O)N(C)C. The molecule has 3 aromatic rings. The van der Waals surface area contributed by atoms with E-state index in [-0.39, 0.29) is 6.04 Å². The zero-order valence-electron chi connectivity index (χ0n) is 16.7. The first-order chi connectivity index (χ1) is 13.5. The molecule has 28 heavy (non-hydrogen) atoms. The number of rotatable bonds is 8. The molecule has 1 aromatic carbocycles. The second-order valence-corrected chi connectivity index (χ2v) is 6.78. The van der Waals surface area contributed by atoms with Gasteiger partial charge in [0.1, 0.15) is 23.7 Å². The Morgan fingerprint density at radius 2 is 2.04 bits per heavy atom. The second kappa shape index (κ2) is 8.31. The van der Waals surface area contributed by atoms with E-state index < -0.39 is 5.91 Å². The number of imidazole rings is 1. The smallest absolute Gasteiger partial charge is 0.253 e. The molecule has 0 saturated heterocycles. The third kappa shape index (κ3) is 3.66. The van der Waals surface area contributed by atoms with Crippen molar-refractivity contribution < 1.29 is 14.3 Å². The average molecular weight is 382 g/mol. The number of ether oxygens (including phenoxy) is 2. The summed E-state index contributed by atoms with van der Waals surface area (Å²) >= 11 is 0. The summed E-state index contributed by atoms with van der Waals surface area (Å²) in [5.74, 6) is 0.313. The Morgan fingerprint density at radius 3 is 2.68 bits per heavy atom. The van der Waals surface area contributed by atoms with Crippen molar-refractivity contribution in [1.82, 2.24) is 14.3 Å². The maximum absolute atomic E-state index is 12.2. The van der Waals surface area contributed by atoms with Crippen molar-refractivity contribution in [3.05, 3.63) is 48.2 Å². The number of nitrogens with two attached hydrogens (primary N) is 1. The fourth-order valence-electron chi connectivity index (χ4n) is 3.28. The molecule has 1 atom stereocenters. The van der Waals surface area contributed by atoms with Gasteiger partial charge in [0.15, 0.2) is 0 Å². The van der Waals surface area contributed by atoms with Gasteiger partial charge in [0.05, 0.1) is 12.7 Å². The van der Waals surface area contributed by atoms with E-state index in [1.807, 2.05) is 55.0 Å². The zero-order valence-corrected chi connectivity index (χ0v) is 16.7. The Hall–Kier alpha value is -3.06. The fourth-order valence-corrected chi connectivity index (χ4v) is 3.28. The molecule has 2 heterocycles. The maximum atomic E-state index is 12.2. The molecule has 7 heteroatoms. The van der Waals surface area contributed by atoms with Gasteiger partial charge in [0.25, 0.3) is 5.91 Å². The number of primary amides is 1. The van der Waals surface area contributed by atoms with Crippen LogP contribution in [0.3, 0.4) is 0 Å². The van der Waals surface area contributed by atoms with Crippen LogP contribution in [0.2, 0.25) is 0 Å². The van der Waals surface area contributed by atoms with Crippen LogP contribution in [0.15, 0.2) is 42.6 Å². The quantitative estimate of drug-likeness (QED) is 0.648. The molecule has 0 aliphatic carbocycles. The number of nitrogens with zero attached hydrogens (tertiary/aromatic N) is 3. The topological polar surface area (TPSA) is 82.1 Å². The summed E-state index contributed by atoms with van der Waals surface area (Å²) in [7, 11) is 5.56. The van der Waals surface area contributed by atoms with Gasteiger partial charge in [0, 0.05) is 17.8 Å². The van der Waals surface area contributed by atoms with E-state index in [9.17, 15) is 4.79 Å². The third-order valence-electron chi connectivity index (χ3n) is 4.86. The van der Waals surface area contributed by atoms with Gasteiger partial charge in [-0.1, -0.05) is 25.1 Å². The monoisotopic (exact) mass is 382 g/mol. The lowest BCUT2D eigenvalue weighted by atomic mass is 10.0. The largest absolute Gasteiger partial charge is 0.496 e. The van der Waals surface area contributed by atoms with E-state index in [2.05, 4.69) is 16.8 Å². The molecule has 0 aliphatic rings. The molecule has 0 saturated carbocycles. The molecule has 0 fully saturated rings. The molecule has 2 N–H and O–H groups in total. The number of pyridine rings is 1. The molecule has 0 aliphatic heterocycles. The molecule has 0 spiro atoms. The summed E-state index contributed by atoms with van der Waals surface area (Å²) in [6, 6.07) is 11.3. The van der Waals surface area contributed by atoms with Crippen LogP contribution in [0.1, 0.15) is 23.7 Å². The van der Waals surface area contributed by atoms with Crippen LogP contribution in [-0.4, -0.2) is 54.0 Å². The Balaban J connectivity index is 2.17. The van der Waals surface area contributed by atoms with E-state index in [1.54, 1.807) is 6.07 Å². The summed E-state index contributed by atoms with van der Waals surface area (Å²) in [4.78, 5) is 19.0. The van der Waals surface area contributed by atoms with E-state index >= 15 is 0 Å². The van der Waals surface area contributed by atoms with Gasteiger partial charge in [-0.25, -0.2) is 0 Å². The van der Waals surface area contributed by atoms with Crippen LogP contribution in [0.4, 0.5) is 0 Å². The average Bonchev–Trinajstić information content (AvgIpc) is 3.05. The maximum Gasteiger partial charge on any atom is 0.253 e. The minimum atomic E-state index is -0.566. The summed E-state index contributed by atoms with van der Waals surface area (Å²) in [5.41, 5.74) is 8.01. The first-order valence-corrected chi connectivity index (χ1v) is 9.21. The molecule has 7 nitrogen and oxygen atoms in total. The van der Waals surface area contributed by atoms with Crippen molar-refractivity contribution in [2.24, 2.45) is 5.73 Å². The Kier molecular flexibility index (Phi) is 5.84. The number of amides is 1. The number of benzene rings is 1. The standard InChI is InChI=1S/C21H26N4O3/c1-5-14(24(2)3)13-28-21-19(25-12-7-6-11-17(25)23-21)15-9-8-10-16(27-4)18(15)20(22)26/h6-12,14H,5,13H2,1-4H3,(H2,22,26). The van der Waals surface area contributed by atoms with E-state index in [4.69, 9.17) is 15.2 Å². The van der Waals surface area contributed by atoms with Gasteiger partial charge >= 0.3 is 0 Å². The highest BCUT2D eigenvalue weighted by Crippen LogP contribution is 2.36. The van der Waals surface area contributed by atoms with E-state index in [0.29, 0.717) is 35.1 Å².